The van der Waals surface area contributed by atoms with Crippen molar-refractivity contribution in [3.8, 4) is 0 Å². The van der Waals surface area contributed by atoms with Gasteiger partial charge in [0.25, 0.3) is 0 Å². The fourth-order valence-electron chi connectivity index (χ4n) is 3.14. The number of sulfone groups is 1. The van der Waals surface area contributed by atoms with Gasteiger partial charge in [-0.25, -0.2) is 19.3 Å². The lowest BCUT2D eigenvalue weighted by Gasteiger charge is -2.25. The van der Waals surface area contributed by atoms with Gasteiger partial charge in [-0.05, 0) is 37.5 Å². The van der Waals surface area contributed by atoms with Crippen LogP contribution in [0.3, 0.4) is 0 Å². The summed E-state index contributed by atoms with van der Waals surface area (Å²) in [5.74, 6) is 0.000599. The lowest BCUT2D eigenvalue weighted by Crippen LogP contribution is -2.53. The van der Waals surface area contributed by atoms with E-state index in [2.05, 4.69) is 32.1 Å². The molecule has 2 aliphatic heterocycles. The second-order valence-corrected chi connectivity index (χ2v) is 9.67. The summed E-state index contributed by atoms with van der Waals surface area (Å²) in [6, 6.07) is 7.63. The van der Waals surface area contributed by atoms with Gasteiger partial charge in [0.15, 0.2) is 9.84 Å². The van der Waals surface area contributed by atoms with Crippen LogP contribution in [0.4, 0.5) is 0 Å². The van der Waals surface area contributed by atoms with Crippen LogP contribution >= 0.6 is 15.9 Å². The van der Waals surface area contributed by atoms with Crippen LogP contribution in [0.1, 0.15) is 31.4 Å². The predicted octanol–water partition coefficient (Wildman–Crippen LogP) is 1.05. The summed E-state index contributed by atoms with van der Waals surface area (Å²) in [5, 5.41) is 2.91. The highest BCUT2D eigenvalue weighted by atomic mass is 79.9. The normalized spacial score (nSPS) is 32.8. The zero-order chi connectivity index (χ0) is 16.7. The van der Waals surface area contributed by atoms with Crippen molar-refractivity contribution in [2.24, 2.45) is 0 Å². The zero-order valence-electron chi connectivity index (χ0n) is 12.8. The van der Waals surface area contributed by atoms with E-state index in [0.29, 0.717) is 12.8 Å². The molecule has 1 aromatic rings. The van der Waals surface area contributed by atoms with Gasteiger partial charge in [0, 0.05) is 10.5 Å². The number of hydrogen-bond donors (Lipinski definition) is 3. The van der Waals surface area contributed by atoms with E-state index < -0.39 is 15.4 Å². The summed E-state index contributed by atoms with van der Waals surface area (Å²) in [5.41, 5.74) is 6.58. The second-order valence-electron chi connectivity index (χ2n) is 6.57. The highest BCUT2D eigenvalue weighted by Gasteiger charge is 2.41. The number of carbonyl (C=O) groups excluding carboxylic acids is 1. The Kier molecular flexibility index (Phi) is 4.52. The molecular formula is C15H20BrN3O3S. The van der Waals surface area contributed by atoms with Crippen molar-refractivity contribution in [2.75, 3.05) is 11.5 Å². The Morgan fingerprint density at radius 3 is 2.61 bits per heavy atom. The third kappa shape index (κ3) is 3.93. The van der Waals surface area contributed by atoms with Gasteiger partial charge in [-0.3, -0.25) is 4.79 Å². The molecule has 0 aromatic heterocycles. The molecule has 3 unspecified atom stereocenters. The van der Waals surface area contributed by atoms with Crippen molar-refractivity contribution in [1.82, 2.24) is 16.2 Å². The predicted molar refractivity (Wildman–Crippen MR) is 91.4 cm³/mol. The van der Waals surface area contributed by atoms with E-state index in [-0.39, 0.29) is 29.5 Å². The Labute approximate surface area is 144 Å². The largest absolute Gasteiger partial charge is 0.348 e. The average Bonchev–Trinajstić information content (AvgIpc) is 3.05. The molecule has 1 amide bonds. The molecular weight excluding hydrogens is 382 g/mol. The third-order valence-corrected chi connectivity index (χ3v) is 6.85. The van der Waals surface area contributed by atoms with E-state index in [0.717, 1.165) is 10.0 Å². The van der Waals surface area contributed by atoms with Gasteiger partial charge in [0.2, 0.25) is 5.91 Å². The van der Waals surface area contributed by atoms with E-state index in [4.69, 9.17) is 0 Å². The molecule has 0 bridgehead atoms. The minimum Gasteiger partial charge on any atom is -0.348 e. The Balaban J connectivity index is 1.60. The molecule has 2 saturated heterocycles. The van der Waals surface area contributed by atoms with Gasteiger partial charge in [-0.2, -0.15) is 0 Å². The summed E-state index contributed by atoms with van der Waals surface area (Å²) in [6.45, 7) is 1.80. The maximum absolute atomic E-state index is 12.4. The Hall–Kier alpha value is -0.960. The highest BCUT2D eigenvalue weighted by Crippen LogP contribution is 2.26. The summed E-state index contributed by atoms with van der Waals surface area (Å²) in [4.78, 5) is 12.4. The molecule has 8 heteroatoms. The fraction of sp³-hybridized carbons (Fsp3) is 0.533. The molecule has 1 aromatic carbocycles. The van der Waals surface area contributed by atoms with Crippen LogP contribution in [0.15, 0.2) is 28.7 Å². The van der Waals surface area contributed by atoms with E-state index in [1.54, 1.807) is 6.92 Å². The molecule has 126 valence electrons. The topological polar surface area (TPSA) is 87.3 Å². The fourth-order valence-corrected chi connectivity index (χ4v) is 5.49. The molecule has 2 aliphatic rings. The van der Waals surface area contributed by atoms with Gasteiger partial charge in [0.1, 0.15) is 6.04 Å². The van der Waals surface area contributed by atoms with Crippen molar-refractivity contribution in [1.29, 1.82) is 0 Å². The van der Waals surface area contributed by atoms with Gasteiger partial charge in [-0.1, -0.05) is 28.1 Å². The number of rotatable bonds is 3. The molecule has 2 fully saturated rings. The summed E-state index contributed by atoms with van der Waals surface area (Å²) >= 11 is 3.40. The Morgan fingerprint density at radius 1 is 1.30 bits per heavy atom. The number of halogens is 1. The number of hydrogen-bond acceptors (Lipinski definition) is 5. The number of hydrazine groups is 1. The van der Waals surface area contributed by atoms with E-state index in [1.165, 1.54) is 0 Å². The van der Waals surface area contributed by atoms with Crippen LogP contribution in [0.5, 0.6) is 0 Å². The zero-order valence-corrected chi connectivity index (χ0v) is 15.2. The maximum Gasteiger partial charge on any atom is 0.239 e. The minimum absolute atomic E-state index is 0.0159. The lowest BCUT2D eigenvalue weighted by molar-refractivity contribution is -0.124. The van der Waals surface area contributed by atoms with Crippen molar-refractivity contribution in [3.63, 3.8) is 0 Å². The van der Waals surface area contributed by atoms with Crippen molar-refractivity contribution in [3.05, 3.63) is 34.3 Å². The summed E-state index contributed by atoms with van der Waals surface area (Å²) in [6.07, 6.45) is 1.09. The van der Waals surface area contributed by atoms with Crippen molar-refractivity contribution >= 4 is 31.7 Å². The minimum atomic E-state index is -3.04. The first-order chi connectivity index (χ1) is 10.8. The smallest absolute Gasteiger partial charge is 0.239 e. The van der Waals surface area contributed by atoms with Crippen LogP contribution in [0.25, 0.3) is 0 Å². The highest BCUT2D eigenvalue weighted by molar-refractivity contribution is 9.10. The monoisotopic (exact) mass is 401 g/mol. The number of nitrogens with one attached hydrogen (secondary N) is 3. The van der Waals surface area contributed by atoms with Crippen molar-refractivity contribution < 1.29 is 13.2 Å². The van der Waals surface area contributed by atoms with Crippen LogP contribution in [-0.2, 0) is 14.6 Å². The van der Waals surface area contributed by atoms with Gasteiger partial charge in [0.05, 0.1) is 17.0 Å². The molecule has 3 atom stereocenters. The molecule has 3 rings (SSSR count). The standard InChI is InChI=1S/C15H20BrN3O3S/c1-15(6-7-23(21,22)9-15)17-14(20)13-8-12(18-19-13)10-2-4-11(16)5-3-10/h2-5,12-13,18-19H,6-9H2,1H3,(H,17,20). The van der Waals surface area contributed by atoms with Gasteiger partial charge < -0.3 is 5.32 Å². The number of carbonyl (C=O) groups is 1. The summed E-state index contributed by atoms with van der Waals surface area (Å²) < 4.78 is 24.3. The Bertz CT molecular complexity index is 707. The molecule has 0 aliphatic carbocycles. The van der Waals surface area contributed by atoms with E-state index >= 15 is 0 Å². The lowest BCUT2D eigenvalue weighted by atomic mass is 9.99. The molecule has 6 nitrogen and oxygen atoms in total. The molecule has 0 saturated carbocycles. The van der Waals surface area contributed by atoms with Crippen LogP contribution < -0.4 is 16.2 Å². The second kappa shape index (κ2) is 6.16. The SMILES string of the molecule is CC1(NC(=O)C2CC(c3ccc(Br)cc3)NN2)CCS(=O)(=O)C1. The van der Waals surface area contributed by atoms with Crippen molar-refractivity contribution in [2.45, 2.75) is 37.4 Å². The number of benzene rings is 1. The number of amides is 1. The first-order valence-corrected chi connectivity index (χ1v) is 10.2. The maximum atomic E-state index is 12.4. The Morgan fingerprint density at radius 2 is 2.00 bits per heavy atom. The first kappa shape index (κ1) is 16.9. The average molecular weight is 402 g/mol. The quantitative estimate of drug-likeness (QED) is 0.704. The van der Waals surface area contributed by atoms with E-state index in [1.807, 2.05) is 24.3 Å². The molecule has 0 radical (unpaired) electrons. The molecule has 2 heterocycles. The van der Waals surface area contributed by atoms with E-state index in [9.17, 15) is 13.2 Å². The molecule has 23 heavy (non-hydrogen) atoms. The van der Waals surface area contributed by atoms with Crippen LogP contribution in [-0.4, -0.2) is 37.4 Å². The summed E-state index contributed by atoms with van der Waals surface area (Å²) in [7, 11) is -3.04. The molecule has 3 N–H and O–H groups in total. The van der Waals surface area contributed by atoms with Crippen LogP contribution in [0.2, 0.25) is 0 Å². The molecule has 0 spiro atoms. The third-order valence-electron chi connectivity index (χ3n) is 4.42. The van der Waals surface area contributed by atoms with Crippen LogP contribution in [0, 0.1) is 0 Å². The van der Waals surface area contributed by atoms with Gasteiger partial charge >= 0.3 is 0 Å². The first-order valence-electron chi connectivity index (χ1n) is 7.55. The van der Waals surface area contributed by atoms with Gasteiger partial charge in [-0.15, -0.1) is 0 Å².